The number of alkyl halides is 1. The van der Waals surface area contributed by atoms with E-state index < -0.39 is 10.2 Å². The van der Waals surface area contributed by atoms with Gasteiger partial charge in [0.05, 0.1) is 0 Å². The van der Waals surface area contributed by atoms with Crippen LogP contribution in [0.4, 0.5) is 0 Å². The van der Waals surface area contributed by atoms with Gasteiger partial charge in [0.25, 0.3) is 10.2 Å². The lowest BCUT2D eigenvalue weighted by molar-refractivity contribution is 0.402. The molecule has 1 atom stereocenters. The van der Waals surface area contributed by atoms with Crippen molar-refractivity contribution >= 4 is 21.8 Å². The second-order valence-electron chi connectivity index (χ2n) is 4.32. The summed E-state index contributed by atoms with van der Waals surface area (Å²) in [5, 5.41) is -0.0691. The normalized spacial score (nSPS) is 19.9. The molecule has 0 heterocycles. The van der Waals surface area contributed by atoms with Gasteiger partial charge in [0, 0.05) is 25.0 Å². The molecule has 1 fully saturated rings. The van der Waals surface area contributed by atoms with E-state index in [1.54, 1.807) is 7.05 Å². The van der Waals surface area contributed by atoms with E-state index in [0.717, 1.165) is 12.8 Å². The summed E-state index contributed by atoms with van der Waals surface area (Å²) in [6.07, 6.45) is 2.24. The molecule has 90 valence electrons. The van der Waals surface area contributed by atoms with Crippen LogP contribution in [-0.4, -0.2) is 37.7 Å². The zero-order valence-electron chi connectivity index (χ0n) is 9.40. The second-order valence-corrected chi connectivity index (χ2v) is 6.69. The standard InChI is InChI=1S/C9H19ClN2O2S/c1-7(2)12(3)15(13,14)11-6-9(10)8-4-5-8/h7-9,11H,4-6H2,1-3H3. The first kappa shape index (κ1) is 13.2. The van der Waals surface area contributed by atoms with E-state index in [1.165, 1.54) is 4.31 Å². The fourth-order valence-electron chi connectivity index (χ4n) is 1.19. The van der Waals surface area contributed by atoms with Crippen LogP contribution in [-0.2, 0) is 10.2 Å². The lowest BCUT2D eigenvalue weighted by Gasteiger charge is -2.22. The smallest absolute Gasteiger partial charge is 0.201 e. The van der Waals surface area contributed by atoms with E-state index in [4.69, 9.17) is 11.6 Å². The van der Waals surface area contributed by atoms with E-state index in [9.17, 15) is 8.42 Å². The Bertz CT molecular complexity index is 301. The van der Waals surface area contributed by atoms with Crippen LogP contribution in [0.3, 0.4) is 0 Å². The molecule has 0 saturated heterocycles. The van der Waals surface area contributed by atoms with Gasteiger partial charge in [-0.2, -0.15) is 12.7 Å². The molecule has 6 heteroatoms. The Balaban J connectivity index is 2.41. The summed E-state index contributed by atoms with van der Waals surface area (Å²) in [6.45, 7) is 3.99. The Morgan fingerprint density at radius 1 is 1.47 bits per heavy atom. The van der Waals surface area contributed by atoms with Gasteiger partial charge in [-0.05, 0) is 32.6 Å². The summed E-state index contributed by atoms with van der Waals surface area (Å²) in [7, 11) is -1.80. The van der Waals surface area contributed by atoms with Gasteiger partial charge in [-0.1, -0.05) is 0 Å². The van der Waals surface area contributed by atoms with Gasteiger partial charge >= 0.3 is 0 Å². The van der Waals surface area contributed by atoms with E-state index in [2.05, 4.69) is 4.72 Å². The van der Waals surface area contributed by atoms with Gasteiger partial charge < -0.3 is 0 Å². The Kier molecular flexibility index (Phi) is 4.40. The average molecular weight is 255 g/mol. The van der Waals surface area contributed by atoms with E-state index in [1.807, 2.05) is 13.8 Å². The fourth-order valence-corrected chi connectivity index (χ4v) is 2.76. The van der Waals surface area contributed by atoms with Crippen molar-refractivity contribution in [2.45, 2.75) is 38.1 Å². The van der Waals surface area contributed by atoms with E-state index in [0.29, 0.717) is 12.5 Å². The van der Waals surface area contributed by atoms with Crippen LogP contribution in [0.2, 0.25) is 0 Å². The van der Waals surface area contributed by atoms with Crippen molar-refractivity contribution in [2.24, 2.45) is 5.92 Å². The molecule has 0 amide bonds. The molecular weight excluding hydrogens is 236 g/mol. The third-order valence-electron chi connectivity index (χ3n) is 2.70. The highest BCUT2D eigenvalue weighted by Crippen LogP contribution is 2.35. The van der Waals surface area contributed by atoms with E-state index >= 15 is 0 Å². The van der Waals surface area contributed by atoms with Gasteiger partial charge in [-0.25, -0.2) is 4.72 Å². The van der Waals surface area contributed by atoms with Crippen molar-refractivity contribution in [2.75, 3.05) is 13.6 Å². The molecule has 0 aromatic heterocycles. The molecule has 0 aromatic rings. The lowest BCUT2D eigenvalue weighted by Crippen LogP contribution is -2.43. The maximum Gasteiger partial charge on any atom is 0.279 e. The number of nitrogens with one attached hydrogen (secondary N) is 1. The summed E-state index contributed by atoms with van der Waals surface area (Å²) >= 11 is 6.02. The molecule has 1 N–H and O–H groups in total. The first-order chi connectivity index (χ1) is 6.84. The predicted molar refractivity (Wildman–Crippen MR) is 62.2 cm³/mol. The molecule has 0 spiro atoms. The zero-order chi connectivity index (χ0) is 11.6. The highest BCUT2D eigenvalue weighted by Gasteiger charge is 2.31. The van der Waals surface area contributed by atoms with Crippen LogP contribution in [0.5, 0.6) is 0 Å². The molecule has 1 aliphatic rings. The second kappa shape index (κ2) is 4.99. The van der Waals surface area contributed by atoms with Gasteiger partial charge in [-0.15, -0.1) is 11.6 Å². The van der Waals surface area contributed by atoms with Crippen molar-refractivity contribution in [3.05, 3.63) is 0 Å². The van der Waals surface area contributed by atoms with Crippen LogP contribution >= 0.6 is 11.6 Å². The summed E-state index contributed by atoms with van der Waals surface area (Å²) in [6, 6.07) is -0.0443. The van der Waals surface area contributed by atoms with Gasteiger partial charge in [0.15, 0.2) is 0 Å². The molecule has 4 nitrogen and oxygen atoms in total. The summed E-state index contributed by atoms with van der Waals surface area (Å²) < 4.78 is 27.2. The molecule has 15 heavy (non-hydrogen) atoms. The Labute approximate surface area is 97.2 Å². The molecule has 1 aliphatic carbocycles. The minimum Gasteiger partial charge on any atom is -0.201 e. The molecule has 1 rings (SSSR count). The molecule has 0 aliphatic heterocycles. The summed E-state index contributed by atoms with van der Waals surface area (Å²) in [5.41, 5.74) is 0. The SMILES string of the molecule is CC(C)N(C)S(=O)(=O)NCC(Cl)C1CC1. The van der Waals surface area contributed by atoms with Gasteiger partial charge in [-0.3, -0.25) is 0 Å². The fraction of sp³-hybridized carbons (Fsp3) is 1.00. The molecule has 0 radical (unpaired) electrons. The highest BCUT2D eigenvalue weighted by atomic mass is 35.5. The van der Waals surface area contributed by atoms with Crippen LogP contribution in [0.15, 0.2) is 0 Å². The molecule has 0 bridgehead atoms. The average Bonchev–Trinajstić information content (AvgIpc) is 2.96. The lowest BCUT2D eigenvalue weighted by atomic mass is 10.3. The highest BCUT2D eigenvalue weighted by molar-refractivity contribution is 7.87. The van der Waals surface area contributed by atoms with Gasteiger partial charge in [0.1, 0.15) is 0 Å². The maximum atomic E-state index is 11.7. The van der Waals surface area contributed by atoms with Crippen molar-refractivity contribution in [1.29, 1.82) is 0 Å². The molecular formula is C9H19ClN2O2S. The molecule has 1 unspecified atom stereocenters. The largest absolute Gasteiger partial charge is 0.279 e. The number of rotatable bonds is 6. The maximum absolute atomic E-state index is 11.7. The Morgan fingerprint density at radius 2 is 2.00 bits per heavy atom. The van der Waals surface area contributed by atoms with Crippen LogP contribution in [0.1, 0.15) is 26.7 Å². The first-order valence-corrected chi connectivity index (χ1v) is 7.09. The minimum atomic E-state index is -3.36. The molecule has 0 aromatic carbocycles. The predicted octanol–water partition coefficient (Wildman–Crippen LogP) is 1.18. The van der Waals surface area contributed by atoms with E-state index in [-0.39, 0.29) is 11.4 Å². The minimum absolute atomic E-state index is 0.0443. The van der Waals surface area contributed by atoms with Crippen molar-refractivity contribution < 1.29 is 8.42 Å². The third kappa shape index (κ3) is 3.90. The van der Waals surface area contributed by atoms with Gasteiger partial charge in [0.2, 0.25) is 0 Å². The topological polar surface area (TPSA) is 49.4 Å². The zero-order valence-corrected chi connectivity index (χ0v) is 11.0. The van der Waals surface area contributed by atoms with Crippen LogP contribution < -0.4 is 4.72 Å². The van der Waals surface area contributed by atoms with Crippen molar-refractivity contribution in [1.82, 2.24) is 9.03 Å². The number of hydrogen-bond acceptors (Lipinski definition) is 2. The quantitative estimate of drug-likeness (QED) is 0.724. The van der Waals surface area contributed by atoms with Crippen molar-refractivity contribution in [3.8, 4) is 0 Å². The monoisotopic (exact) mass is 254 g/mol. The Morgan fingerprint density at radius 3 is 2.40 bits per heavy atom. The number of hydrogen-bond donors (Lipinski definition) is 1. The first-order valence-electron chi connectivity index (χ1n) is 5.21. The Hall–Kier alpha value is 0.160. The summed E-state index contributed by atoms with van der Waals surface area (Å²) in [5.74, 6) is 0.499. The number of halogens is 1. The molecule has 1 saturated carbocycles. The van der Waals surface area contributed by atoms with Crippen molar-refractivity contribution in [3.63, 3.8) is 0 Å². The summed E-state index contributed by atoms with van der Waals surface area (Å²) in [4.78, 5) is 0. The van der Waals surface area contributed by atoms with Crippen LogP contribution in [0, 0.1) is 5.92 Å². The number of nitrogens with zero attached hydrogens (tertiary/aromatic N) is 1. The third-order valence-corrected chi connectivity index (χ3v) is 4.92. The van der Waals surface area contributed by atoms with Crippen LogP contribution in [0.25, 0.3) is 0 Å².